The highest BCUT2D eigenvalue weighted by Crippen LogP contribution is 2.39. The first-order valence-corrected chi connectivity index (χ1v) is 9.60. The fourth-order valence-corrected chi connectivity index (χ4v) is 4.41. The van der Waals surface area contributed by atoms with Gasteiger partial charge in [0.25, 0.3) is 0 Å². The Bertz CT molecular complexity index is 576. The smallest absolute Gasteiger partial charge is 0.220 e. The van der Waals surface area contributed by atoms with Gasteiger partial charge in [-0.3, -0.25) is 4.79 Å². The first kappa shape index (κ1) is 16.9. The summed E-state index contributed by atoms with van der Waals surface area (Å²) in [5, 5.41) is 3.24. The highest BCUT2D eigenvalue weighted by Gasteiger charge is 2.40. The molecule has 1 aromatic carbocycles. The molecule has 1 saturated carbocycles. The number of hydrogen-bond donors (Lipinski definition) is 1. The zero-order chi connectivity index (χ0) is 17.1. The van der Waals surface area contributed by atoms with E-state index < -0.39 is 0 Å². The summed E-state index contributed by atoms with van der Waals surface area (Å²) in [6.45, 7) is 3.34. The van der Waals surface area contributed by atoms with E-state index in [1.807, 2.05) is 6.07 Å². The molecule has 5 heteroatoms. The van der Waals surface area contributed by atoms with E-state index in [4.69, 9.17) is 9.47 Å². The molecule has 1 aliphatic carbocycles. The van der Waals surface area contributed by atoms with Gasteiger partial charge >= 0.3 is 0 Å². The Hall–Kier alpha value is -1.59. The normalized spacial score (nSPS) is 26.2. The Balaban J connectivity index is 1.21. The van der Waals surface area contributed by atoms with Crippen molar-refractivity contribution < 1.29 is 14.3 Å². The number of anilines is 1. The van der Waals surface area contributed by atoms with Crippen LogP contribution < -0.4 is 10.2 Å². The van der Waals surface area contributed by atoms with Crippen molar-refractivity contribution in [1.29, 1.82) is 0 Å². The molecule has 1 unspecified atom stereocenters. The van der Waals surface area contributed by atoms with Crippen LogP contribution in [0.1, 0.15) is 38.5 Å². The standard InChI is InChI=1S/C20H28N2O3/c23-19(14-16-6-9-20(10-7-16)24-12-13-25-20)21-17-8-11-22(15-17)18-4-2-1-3-5-18/h1-5,16-17H,6-15H2,(H,21,23). The van der Waals surface area contributed by atoms with E-state index in [1.54, 1.807) is 0 Å². The van der Waals surface area contributed by atoms with Crippen LogP contribution in [-0.2, 0) is 14.3 Å². The summed E-state index contributed by atoms with van der Waals surface area (Å²) in [5.74, 6) is 0.341. The van der Waals surface area contributed by atoms with E-state index in [2.05, 4.69) is 34.5 Å². The Kier molecular flexibility index (Phi) is 4.95. The molecule has 3 fully saturated rings. The second-order valence-electron chi connectivity index (χ2n) is 7.59. The molecule has 4 rings (SSSR count). The quantitative estimate of drug-likeness (QED) is 0.912. The molecule has 5 nitrogen and oxygen atoms in total. The van der Waals surface area contributed by atoms with Gasteiger partial charge < -0.3 is 19.7 Å². The van der Waals surface area contributed by atoms with E-state index in [0.29, 0.717) is 25.6 Å². The zero-order valence-electron chi connectivity index (χ0n) is 14.8. The van der Waals surface area contributed by atoms with Crippen molar-refractivity contribution in [2.75, 3.05) is 31.2 Å². The first-order chi connectivity index (χ1) is 12.2. The fourth-order valence-electron chi connectivity index (χ4n) is 4.41. The lowest BCUT2D eigenvalue weighted by Gasteiger charge is -2.35. The van der Waals surface area contributed by atoms with Crippen molar-refractivity contribution in [2.45, 2.75) is 50.4 Å². The van der Waals surface area contributed by atoms with Crippen molar-refractivity contribution in [3.8, 4) is 0 Å². The van der Waals surface area contributed by atoms with Gasteiger partial charge in [-0.2, -0.15) is 0 Å². The summed E-state index contributed by atoms with van der Waals surface area (Å²) in [6.07, 6.45) is 5.56. The van der Waals surface area contributed by atoms with Gasteiger partial charge in [0.1, 0.15) is 0 Å². The monoisotopic (exact) mass is 344 g/mol. The molecule has 0 bridgehead atoms. The number of carbonyl (C=O) groups is 1. The van der Waals surface area contributed by atoms with Crippen molar-refractivity contribution in [1.82, 2.24) is 5.32 Å². The molecule has 3 aliphatic rings. The van der Waals surface area contributed by atoms with Crippen LogP contribution in [0.5, 0.6) is 0 Å². The van der Waals surface area contributed by atoms with Crippen LogP contribution in [0.3, 0.4) is 0 Å². The Labute approximate surface area is 149 Å². The van der Waals surface area contributed by atoms with E-state index in [1.165, 1.54) is 5.69 Å². The first-order valence-electron chi connectivity index (χ1n) is 9.60. The van der Waals surface area contributed by atoms with E-state index in [9.17, 15) is 4.79 Å². The molecule has 0 aromatic heterocycles. The maximum atomic E-state index is 12.4. The Morgan fingerprint density at radius 2 is 1.84 bits per heavy atom. The molecule has 1 aromatic rings. The summed E-state index contributed by atoms with van der Waals surface area (Å²) < 4.78 is 11.5. The van der Waals surface area contributed by atoms with Crippen LogP contribution >= 0.6 is 0 Å². The molecule has 0 radical (unpaired) electrons. The minimum atomic E-state index is -0.325. The number of rotatable bonds is 4. The van der Waals surface area contributed by atoms with Crippen LogP contribution in [0.15, 0.2) is 30.3 Å². The maximum absolute atomic E-state index is 12.4. The minimum Gasteiger partial charge on any atom is -0.369 e. The topological polar surface area (TPSA) is 50.8 Å². The zero-order valence-corrected chi connectivity index (χ0v) is 14.8. The SMILES string of the molecule is O=C(CC1CCC2(CC1)OCCO2)NC1CCN(c2ccccc2)C1. The van der Waals surface area contributed by atoms with Crippen molar-refractivity contribution in [3.63, 3.8) is 0 Å². The second kappa shape index (κ2) is 7.34. The van der Waals surface area contributed by atoms with Crippen LogP contribution in [-0.4, -0.2) is 44.0 Å². The predicted octanol–water partition coefficient (Wildman–Crippen LogP) is 2.70. The maximum Gasteiger partial charge on any atom is 0.220 e. The van der Waals surface area contributed by atoms with Crippen LogP contribution in [0.4, 0.5) is 5.69 Å². The van der Waals surface area contributed by atoms with Crippen molar-refractivity contribution >= 4 is 11.6 Å². The third kappa shape index (κ3) is 3.98. The van der Waals surface area contributed by atoms with Crippen LogP contribution in [0.2, 0.25) is 0 Å². The van der Waals surface area contributed by atoms with Crippen LogP contribution in [0, 0.1) is 5.92 Å². The molecule has 136 valence electrons. The van der Waals surface area contributed by atoms with Crippen molar-refractivity contribution in [3.05, 3.63) is 30.3 Å². The average Bonchev–Trinajstić information content (AvgIpc) is 3.28. The second-order valence-corrected chi connectivity index (χ2v) is 7.59. The van der Waals surface area contributed by atoms with Gasteiger partial charge in [0.2, 0.25) is 5.91 Å². The lowest BCUT2D eigenvalue weighted by Crippen LogP contribution is -2.40. The van der Waals surface area contributed by atoms with Gasteiger partial charge in [-0.05, 0) is 37.3 Å². The number of carbonyl (C=O) groups excluding carboxylic acids is 1. The molecule has 2 saturated heterocycles. The molecule has 2 aliphatic heterocycles. The molecule has 25 heavy (non-hydrogen) atoms. The lowest BCUT2D eigenvalue weighted by molar-refractivity contribution is -0.183. The molecular weight excluding hydrogens is 316 g/mol. The number of hydrogen-bond acceptors (Lipinski definition) is 4. The van der Waals surface area contributed by atoms with E-state index >= 15 is 0 Å². The van der Waals surface area contributed by atoms with Gasteiger partial charge in [0.15, 0.2) is 5.79 Å². The molecule has 1 atom stereocenters. The van der Waals surface area contributed by atoms with Crippen molar-refractivity contribution in [2.24, 2.45) is 5.92 Å². The lowest BCUT2D eigenvalue weighted by atomic mass is 9.83. The van der Waals surface area contributed by atoms with E-state index in [-0.39, 0.29) is 17.7 Å². The number of nitrogens with one attached hydrogen (secondary N) is 1. The van der Waals surface area contributed by atoms with E-state index in [0.717, 1.165) is 45.2 Å². The molecular formula is C20H28N2O3. The molecule has 1 spiro atoms. The third-order valence-corrected chi connectivity index (χ3v) is 5.83. The molecule has 2 heterocycles. The number of amides is 1. The highest BCUT2D eigenvalue weighted by atomic mass is 16.7. The number of para-hydroxylation sites is 1. The fraction of sp³-hybridized carbons (Fsp3) is 0.650. The Morgan fingerprint density at radius 1 is 1.12 bits per heavy atom. The minimum absolute atomic E-state index is 0.203. The Morgan fingerprint density at radius 3 is 2.56 bits per heavy atom. The third-order valence-electron chi connectivity index (χ3n) is 5.83. The highest BCUT2D eigenvalue weighted by molar-refractivity contribution is 5.76. The van der Waals surface area contributed by atoms with Gasteiger partial charge in [0.05, 0.1) is 13.2 Å². The molecule has 1 amide bonds. The summed E-state index contributed by atoms with van der Waals surface area (Å²) in [7, 11) is 0. The largest absolute Gasteiger partial charge is 0.369 e. The summed E-state index contributed by atoms with van der Waals surface area (Å²) >= 11 is 0. The van der Waals surface area contributed by atoms with Gasteiger partial charge in [-0.1, -0.05) is 18.2 Å². The summed E-state index contributed by atoms with van der Waals surface area (Å²) in [6, 6.07) is 10.7. The van der Waals surface area contributed by atoms with Crippen LogP contribution in [0.25, 0.3) is 0 Å². The predicted molar refractivity (Wildman–Crippen MR) is 96.4 cm³/mol. The van der Waals surface area contributed by atoms with Gasteiger partial charge in [-0.15, -0.1) is 0 Å². The van der Waals surface area contributed by atoms with Gasteiger partial charge in [-0.25, -0.2) is 0 Å². The molecule has 1 N–H and O–H groups in total. The number of benzene rings is 1. The summed E-state index contributed by atoms with van der Waals surface area (Å²) in [4.78, 5) is 14.8. The van der Waals surface area contributed by atoms with Gasteiger partial charge in [0, 0.05) is 44.1 Å². The average molecular weight is 344 g/mol. The number of nitrogens with zero attached hydrogens (tertiary/aromatic N) is 1. The number of ether oxygens (including phenoxy) is 2. The summed E-state index contributed by atoms with van der Waals surface area (Å²) in [5.41, 5.74) is 1.24.